The summed E-state index contributed by atoms with van der Waals surface area (Å²) in [4.78, 5) is 17.5. The molecule has 0 aliphatic carbocycles. The Balaban J connectivity index is 2.18. The van der Waals surface area contributed by atoms with E-state index in [1.807, 2.05) is 30.9 Å². The minimum absolute atomic E-state index is 0.199. The van der Waals surface area contributed by atoms with Crippen molar-refractivity contribution in [1.82, 2.24) is 9.88 Å². The van der Waals surface area contributed by atoms with E-state index in [4.69, 9.17) is 4.74 Å². The third kappa shape index (κ3) is 4.85. The van der Waals surface area contributed by atoms with Crippen LogP contribution in [0, 0.1) is 0 Å². The van der Waals surface area contributed by atoms with Crippen molar-refractivity contribution in [2.45, 2.75) is 26.7 Å². The van der Waals surface area contributed by atoms with Gasteiger partial charge in [-0.2, -0.15) is 0 Å². The topological polar surface area (TPSA) is 42.4 Å². The molecule has 0 spiro atoms. The summed E-state index contributed by atoms with van der Waals surface area (Å²) in [7, 11) is 0. The highest BCUT2D eigenvalue weighted by atomic mass is 16.5. The van der Waals surface area contributed by atoms with Gasteiger partial charge in [-0.25, -0.2) is 0 Å². The van der Waals surface area contributed by atoms with Crippen molar-refractivity contribution in [3.63, 3.8) is 0 Å². The Morgan fingerprint density at radius 3 is 2.76 bits per heavy atom. The molecule has 0 aromatic carbocycles. The quantitative estimate of drug-likeness (QED) is 0.681. The fourth-order valence-electron chi connectivity index (χ4n) is 1.58. The first-order valence-electron chi connectivity index (χ1n) is 6.08. The number of pyridine rings is 1. The van der Waals surface area contributed by atoms with Crippen LogP contribution in [0.25, 0.3) is 0 Å². The van der Waals surface area contributed by atoms with Gasteiger partial charge in [0.2, 0.25) is 5.91 Å². The summed E-state index contributed by atoms with van der Waals surface area (Å²) in [6, 6.07) is 3.69. The van der Waals surface area contributed by atoms with Gasteiger partial charge in [-0.15, -0.1) is 0 Å². The minimum atomic E-state index is 0.199. The Morgan fingerprint density at radius 1 is 1.41 bits per heavy atom. The highest BCUT2D eigenvalue weighted by Crippen LogP contribution is 2.07. The number of nitrogens with zero attached hydrogens (tertiary/aromatic N) is 2. The lowest BCUT2D eigenvalue weighted by atomic mass is 10.3. The maximum atomic E-state index is 11.7. The molecule has 1 aromatic rings. The molecule has 1 heterocycles. The lowest BCUT2D eigenvalue weighted by Crippen LogP contribution is -2.30. The second-order valence-corrected chi connectivity index (χ2v) is 3.71. The van der Waals surface area contributed by atoms with Gasteiger partial charge in [0, 0.05) is 25.7 Å². The number of aromatic nitrogens is 1. The van der Waals surface area contributed by atoms with E-state index in [0.717, 1.165) is 25.3 Å². The fraction of sp³-hybridized carbons (Fsp3) is 0.538. The highest BCUT2D eigenvalue weighted by molar-refractivity contribution is 5.76. The average molecular weight is 236 g/mol. The summed E-state index contributed by atoms with van der Waals surface area (Å²) < 4.78 is 5.47. The van der Waals surface area contributed by atoms with E-state index < -0.39 is 0 Å². The molecule has 0 aliphatic heterocycles. The van der Waals surface area contributed by atoms with Crippen LogP contribution < -0.4 is 4.74 Å². The molecule has 0 fully saturated rings. The number of rotatable bonds is 7. The molecule has 0 atom stereocenters. The standard InChI is InChI=1S/C13H20N2O2/c1-3-15(4-2)13(16)8-6-10-17-12-7-5-9-14-11-12/h5,7,9,11H,3-4,6,8,10H2,1-2H3. The van der Waals surface area contributed by atoms with E-state index >= 15 is 0 Å². The zero-order chi connectivity index (χ0) is 12.5. The maximum absolute atomic E-state index is 11.7. The van der Waals surface area contributed by atoms with Crippen molar-refractivity contribution in [3.05, 3.63) is 24.5 Å². The van der Waals surface area contributed by atoms with Crippen LogP contribution in [0.2, 0.25) is 0 Å². The number of carbonyl (C=O) groups excluding carboxylic acids is 1. The van der Waals surface area contributed by atoms with Crippen LogP contribution in [0.1, 0.15) is 26.7 Å². The molecule has 0 bridgehead atoms. The molecule has 0 saturated heterocycles. The van der Waals surface area contributed by atoms with Crippen molar-refractivity contribution in [2.75, 3.05) is 19.7 Å². The molecule has 4 nitrogen and oxygen atoms in total. The van der Waals surface area contributed by atoms with Crippen molar-refractivity contribution >= 4 is 5.91 Å². The Bertz CT molecular complexity index is 323. The van der Waals surface area contributed by atoms with Gasteiger partial charge in [0.25, 0.3) is 0 Å². The van der Waals surface area contributed by atoms with Crippen molar-refractivity contribution < 1.29 is 9.53 Å². The van der Waals surface area contributed by atoms with Gasteiger partial charge in [0.1, 0.15) is 5.75 Å². The van der Waals surface area contributed by atoms with Gasteiger partial charge in [-0.1, -0.05) is 0 Å². The second kappa shape index (κ2) is 7.65. The molecule has 1 amide bonds. The molecule has 0 radical (unpaired) electrons. The van der Waals surface area contributed by atoms with Crippen LogP contribution in [0.4, 0.5) is 0 Å². The highest BCUT2D eigenvalue weighted by Gasteiger charge is 2.08. The Hall–Kier alpha value is -1.58. The summed E-state index contributed by atoms with van der Waals surface area (Å²) >= 11 is 0. The molecular weight excluding hydrogens is 216 g/mol. The Kier molecular flexibility index (Phi) is 6.07. The SMILES string of the molecule is CCN(CC)C(=O)CCCOc1cccnc1. The van der Waals surface area contributed by atoms with Crippen molar-refractivity contribution in [1.29, 1.82) is 0 Å². The van der Waals surface area contributed by atoms with Crippen molar-refractivity contribution in [2.24, 2.45) is 0 Å². The van der Waals surface area contributed by atoms with Gasteiger partial charge in [-0.3, -0.25) is 9.78 Å². The number of hydrogen-bond acceptors (Lipinski definition) is 3. The summed E-state index contributed by atoms with van der Waals surface area (Å²) in [5.74, 6) is 0.951. The van der Waals surface area contributed by atoms with Gasteiger partial charge < -0.3 is 9.64 Å². The smallest absolute Gasteiger partial charge is 0.222 e. The van der Waals surface area contributed by atoms with Crippen LogP contribution in [0.15, 0.2) is 24.5 Å². The van der Waals surface area contributed by atoms with Crippen LogP contribution in [-0.2, 0) is 4.79 Å². The molecule has 0 N–H and O–H groups in total. The largest absolute Gasteiger partial charge is 0.492 e. The Labute approximate surface area is 103 Å². The van der Waals surface area contributed by atoms with Crippen LogP contribution >= 0.6 is 0 Å². The minimum Gasteiger partial charge on any atom is -0.492 e. The monoisotopic (exact) mass is 236 g/mol. The van der Waals surface area contributed by atoms with E-state index in [-0.39, 0.29) is 5.91 Å². The molecule has 1 aromatic heterocycles. The average Bonchev–Trinajstić information content (AvgIpc) is 2.37. The van der Waals surface area contributed by atoms with Gasteiger partial charge >= 0.3 is 0 Å². The normalized spacial score (nSPS) is 10.0. The number of hydrogen-bond donors (Lipinski definition) is 0. The van der Waals surface area contributed by atoms with Gasteiger partial charge in [-0.05, 0) is 32.4 Å². The lowest BCUT2D eigenvalue weighted by molar-refractivity contribution is -0.131. The van der Waals surface area contributed by atoms with Gasteiger partial charge in [0.05, 0.1) is 12.8 Å². The van der Waals surface area contributed by atoms with E-state index in [9.17, 15) is 4.79 Å². The molecule has 0 aliphatic rings. The fourth-order valence-corrected chi connectivity index (χ4v) is 1.58. The Morgan fingerprint density at radius 2 is 2.18 bits per heavy atom. The number of ether oxygens (including phenoxy) is 1. The van der Waals surface area contributed by atoms with Crippen molar-refractivity contribution in [3.8, 4) is 5.75 Å². The lowest BCUT2D eigenvalue weighted by Gasteiger charge is -2.18. The third-order valence-electron chi connectivity index (χ3n) is 2.55. The van der Waals surface area contributed by atoms with E-state index in [0.29, 0.717) is 13.0 Å². The first-order chi connectivity index (χ1) is 8.27. The van der Waals surface area contributed by atoms with E-state index in [1.165, 1.54) is 0 Å². The predicted molar refractivity (Wildman–Crippen MR) is 66.9 cm³/mol. The number of amides is 1. The number of carbonyl (C=O) groups is 1. The summed E-state index contributed by atoms with van der Waals surface area (Å²) in [6.07, 6.45) is 4.66. The summed E-state index contributed by atoms with van der Waals surface area (Å²) in [5, 5.41) is 0. The molecule has 94 valence electrons. The molecule has 0 saturated carbocycles. The molecule has 17 heavy (non-hydrogen) atoms. The summed E-state index contributed by atoms with van der Waals surface area (Å²) in [5.41, 5.74) is 0. The molecule has 0 unspecified atom stereocenters. The van der Waals surface area contributed by atoms with Crippen LogP contribution in [0.3, 0.4) is 0 Å². The second-order valence-electron chi connectivity index (χ2n) is 3.71. The van der Waals surface area contributed by atoms with Crippen LogP contribution in [0.5, 0.6) is 5.75 Å². The van der Waals surface area contributed by atoms with E-state index in [2.05, 4.69) is 4.98 Å². The first kappa shape index (κ1) is 13.5. The predicted octanol–water partition coefficient (Wildman–Crippen LogP) is 2.11. The zero-order valence-electron chi connectivity index (χ0n) is 10.6. The summed E-state index contributed by atoms with van der Waals surface area (Å²) in [6.45, 7) is 6.09. The third-order valence-corrected chi connectivity index (χ3v) is 2.55. The maximum Gasteiger partial charge on any atom is 0.222 e. The molecular formula is C13H20N2O2. The van der Waals surface area contributed by atoms with E-state index in [1.54, 1.807) is 12.4 Å². The van der Waals surface area contributed by atoms with Crippen LogP contribution in [-0.4, -0.2) is 35.5 Å². The molecule has 1 rings (SSSR count). The first-order valence-corrected chi connectivity index (χ1v) is 6.08. The molecule has 4 heteroatoms. The van der Waals surface area contributed by atoms with Gasteiger partial charge in [0.15, 0.2) is 0 Å². The zero-order valence-corrected chi connectivity index (χ0v) is 10.6.